The van der Waals surface area contributed by atoms with Gasteiger partial charge in [-0.3, -0.25) is 0 Å². The summed E-state index contributed by atoms with van der Waals surface area (Å²) < 4.78 is 27.4. The van der Waals surface area contributed by atoms with E-state index in [1.54, 1.807) is 22.5 Å². The van der Waals surface area contributed by atoms with Gasteiger partial charge in [-0.05, 0) is 38.0 Å². The van der Waals surface area contributed by atoms with Gasteiger partial charge < -0.3 is 5.73 Å². The Kier molecular flexibility index (Phi) is 4.11. The fraction of sp³-hybridized carbons (Fsp3) is 0.500. The molecule has 0 aromatic heterocycles. The minimum Gasteiger partial charge on any atom is -0.328 e. The van der Waals surface area contributed by atoms with Gasteiger partial charge in [0, 0.05) is 23.1 Å². The molecule has 1 saturated heterocycles. The van der Waals surface area contributed by atoms with Crippen molar-refractivity contribution in [2.75, 3.05) is 6.54 Å². The Labute approximate surface area is 116 Å². The van der Waals surface area contributed by atoms with Gasteiger partial charge in [0.2, 0.25) is 10.0 Å². The zero-order chi connectivity index (χ0) is 13.3. The highest BCUT2D eigenvalue weighted by Crippen LogP contribution is 2.26. The van der Waals surface area contributed by atoms with Crippen LogP contribution in [0, 0.1) is 0 Å². The van der Waals surface area contributed by atoms with Crippen molar-refractivity contribution in [1.29, 1.82) is 0 Å². The van der Waals surface area contributed by atoms with Crippen molar-refractivity contribution >= 4 is 26.0 Å². The molecule has 1 aliphatic heterocycles. The summed E-state index contributed by atoms with van der Waals surface area (Å²) >= 11 is 3.30. The minimum atomic E-state index is -3.41. The van der Waals surface area contributed by atoms with E-state index in [1.807, 2.05) is 13.0 Å². The van der Waals surface area contributed by atoms with E-state index >= 15 is 0 Å². The topological polar surface area (TPSA) is 63.4 Å². The average Bonchev–Trinajstić information content (AvgIpc) is 2.28. The SMILES string of the molecule is C[C@@H]1C[C@@H](N)CCN1S(=O)(=O)c1cccc(Br)c1. The Balaban J connectivity index is 2.31. The minimum absolute atomic E-state index is 0.0438. The number of sulfonamides is 1. The molecule has 0 saturated carbocycles. The Hall–Kier alpha value is -0.430. The van der Waals surface area contributed by atoms with Crippen molar-refractivity contribution in [3.05, 3.63) is 28.7 Å². The lowest BCUT2D eigenvalue weighted by molar-refractivity contribution is 0.247. The number of halogens is 1. The number of piperidine rings is 1. The predicted molar refractivity (Wildman–Crippen MR) is 74.7 cm³/mol. The van der Waals surface area contributed by atoms with E-state index in [0.717, 1.165) is 10.9 Å². The molecule has 0 radical (unpaired) electrons. The lowest BCUT2D eigenvalue weighted by Gasteiger charge is -2.35. The Morgan fingerprint density at radius 1 is 1.44 bits per heavy atom. The van der Waals surface area contributed by atoms with Crippen LogP contribution in [0.4, 0.5) is 0 Å². The van der Waals surface area contributed by atoms with Gasteiger partial charge in [-0.1, -0.05) is 22.0 Å². The van der Waals surface area contributed by atoms with Crippen LogP contribution in [0.25, 0.3) is 0 Å². The summed E-state index contributed by atoms with van der Waals surface area (Å²) in [7, 11) is -3.41. The molecular formula is C12H17BrN2O2S. The van der Waals surface area contributed by atoms with Crippen LogP contribution >= 0.6 is 15.9 Å². The number of hydrogen-bond acceptors (Lipinski definition) is 3. The van der Waals surface area contributed by atoms with Crippen molar-refractivity contribution < 1.29 is 8.42 Å². The van der Waals surface area contributed by atoms with Gasteiger partial charge in [0.1, 0.15) is 0 Å². The third-order valence-corrected chi connectivity index (χ3v) is 5.76. The van der Waals surface area contributed by atoms with Gasteiger partial charge in [0.15, 0.2) is 0 Å². The summed E-state index contributed by atoms with van der Waals surface area (Å²) in [5, 5.41) is 0. The Morgan fingerprint density at radius 2 is 2.17 bits per heavy atom. The highest BCUT2D eigenvalue weighted by atomic mass is 79.9. The van der Waals surface area contributed by atoms with E-state index < -0.39 is 10.0 Å². The normalized spacial score (nSPS) is 26.2. The van der Waals surface area contributed by atoms with Gasteiger partial charge in [-0.15, -0.1) is 0 Å². The number of hydrogen-bond donors (Lipinski definition) is 1. The summed E-state index contributed by atoms with van der Waals surface area (Å²) in [6.45, 7) is 2.41. The van der Waals surface area contributed by atoms with Crippen LogP contribution in [-0.2, 0) is 10.0 Å². The zero-order valence-corrected chi connectivity index (χ0v) is 12.6. The average molecular weight is 333 g/mol. The molecule has 18 heavy (non-hydrogen) atoms. The summed E-state index contributed by atoms with van der Waals surface area (Å²) in [6.07, 6.45) is 1.44. The monoisotopic (exact) mass is 332 g/mol. The van der Waals surface area contributed by atoms with Gasteiger partial charge in [0.25, 0.3) is 0 Å². The van der Waals surface area contributed by atoms with Gasteiger partial charge >= 0.3 is 0 Å². The summed E-state index contributed by atoms with van der Waals surface area (Å²) in [5.74, 6) is 0. The van der Waals surface area contributed by atoms with Crippen molar-refractivity contribution in [2.45, 2.75) is 36.7 Å². The molecule has 0 amide bonds. The van der Waals surface area contributed by atoms with E-state index in [0.29, 0.717) is 17.9 Å². The molecular weight excluding hydrogens is 316 g/mol. The molecule has 1 fully saturated rings. The van der Waals surface area contributed by atoms with Crippen LogP contribution in [0.1, 0.15) is 19.8 Å². The lowest BCUT2D eigenvalue weighted by Crippen LogP contribution is -2.48. The molecule has 6 heteroatoms. The van der Waals surface area contributed by atoms with Crippen LogP contribution in [-0.4, -0.2) is 31.4 Å². The summed E-state index contributed by atoms with van der Waals surface area (Å²) in [4.78, 5) is 0.333. The Morgan fingerprint density at radius 3 is 2.78 bits per heavy atom. The first-order valence-corrected chi connectivity index (χ1v) is 8.17. The van der Waals surface area contributed by atoms with E-state index in [9.17, 15) is 8.42 Å². The van der Waals surface area contributed by atoms with Crippen LogP contribution in [0.3, 0.4) is 0 Å². The van der Waals surface area contributed by atoms with E-state index in [4.69, 9.17) is 5.73 Å². The number of benzene rings is 1. The van der Waals surface area contributed by atoms with E-state index in [-0.39, 0.29) is 12.1 Å². The molecule has 0 bridgehead atoms. The van der Waals surface area contributed by atoms with E-state index in [2.05, 4.69) is 15.9 Å². The van der Waals surface area contributed by atoms with Gasteiger partial charge in [0.05, 0.1) is 4.90 Å². The molecule has 4 nitrogen and oxygen atoms in total. The Bertz CT molecular complexity index is 533. The second kappa shape index (κ2) is 5.28. The first-order valence-electron chi connectivity index (χ1n) is 5.94. The largest absolute Gasteiger partial charge is 0.328 e. The molecule has 1 aromatic rings. The molecule has 2 N–H and O–H groups in total. The molecule has 100 valence electrons. The first-order chi connectivity index (χ1) is 8.41. The second-order valence-electron chi connectivity index (χ2n) is 4.71. The standard InChI is InChI=1S/C12H17BrN2O2S/c1-9-7-11(14)5-6-15(9)18(16,17)12-4-2-3-10(13)8-12/h2-4,8-9,11H,5-7,14H2,1H3/t9-,11+/m1/s1. The quantitative estimate of drug-likeness (QED) is 0.900. The third-order valence-electron chi connectivity index (χ3n) is 3.26. The van der Waals surface area contributed by atoms with Gasteiger partial charge in [-0.2, -0.15) is 4.31 Å². The van der Waals surface area contributed by atoms with Crippen LogP contribution < -0.4 is 5.73 Å². The molecule has 1 heterocycles. The number of nitrogens with zero attached hydrogens (tertiary/aromatic N) is 1. The highest BCUT2D eigenvalue weighted by molar-refractivity contribution is 9.10. The highest BCUT2D eigenvalue weighted by Gasteiger charge is 2.33. The smallest absolute Gasteiger partial charge is 0.243 e. The fourth-order valence-corrected chi connectivity index (χ4v) is 4.56. The van der Waals surface area contributed by atoms with Crippen molar-refractivity contribution in [3.8, 4) is 0 Å². The molecule has 1 aliphatic rings. The molecule has 0 aliphatic carbocycles. The lowest BCUT2D eigenvalue weighted by atomic mass is 10.0. The maximum atomic E-state index is 12.5. The van der Waals surface area contributed by atoms with Crippen molar-refractivity contribution in [2.24, 2.45) is 5.73 Å². The van der Waals surface area contributed by atoms with Crippen molar-refractivity contribution in [3.63, 3.8) is 0 Å². The maximum Gasteiger partial charge on any atom is 0.243 e. The third kappa shape index (κ3) is 2.77. The molecule has 2 rings (SSSR count). The fourth-order valence-electron chi connectivity index (χ4n) is 2.31. The summed E-state index contributed by atoms with van der Waals surface area (Å²) in [5.41, 5.74) is 5.86. The zero-order valence-electron chi connectivity index (χ0n) is 10.2. The maximum absolute atomic E-state index is 12.5. The van der Waals surface area contributed by atoms with Crippen LogP contribution in [0.5, 0.6) is 0 Å². The summed E-state index contributed by atoms with van der Waals surface area (Å²) in [6, 6.07) is 6.87. The molecule has 1 aromatic carbocycles. The van der Waals surface area contributed by atoms with Gasteiger partial charge in [-0.25, -0.2) is 8.42 Å². The second-order valence-corrected chi connectivity index (χ2v) is 7.51. The van der Waals surface area contributed by atoms with Crippen LogP contribution in [0.2, 0.25) is 0 Å². The molecule has 2 atom stereocenters. The van der Waals surface area contributed by atoms with Crippen LogP contribution in [0.15, 0.2) is 33.6 Å². The first kappa shape index (κ1) is 14.0. The van der Waals surface area contributed by atoms with Crippen molar-refractivity contribution in [1.82, 2.24) is 4.31 Å². The molecule has 0 unspecified atom stereocenters. The number of rotatable bonds is 2. The van der Waals surface area contributed by atoms with E-state index in [1.165, 1.54) is 0 Å². The number of nitrogens with two attached hydrogens (primary N) is 1. The molecule has 0 spiro atoms. The predicted octanol–water partition coefficient (Wildman–Crippen LogP) is 1.95.